The molecule has 0 radical (unpaired) electrons. The average molecular weight is 271 g/mol. The number of fused-ring (bicyclic) bond motifs is 5. The van der Waals surface area contributed by atoms with Gasteiger partial charge in [0.25, 0.3) is 0 Å². The summed E-state index contributed by atoms with van der Waals surface area (Å²) >= 11 is 0. The van der Waals surface area contributed by atoms with Crippen LogP contribution in [0.5, 0.6) is 0 Å². The van der Waals surface area contributed by atoms with Gasteiger partial charge in [-0.25, -0.2) is 0 Å². The summed E-state index contributed by atoms with van der Waals surface area (Å²) in [6.45, 7) is 0. The predicted octanol–water partition coefficient (Wildman–Crippen LogP) is 2.23. The highest BCUT2D eigenvalue weighted by molar-refractivity contribution is 6.03. The van der Waals surface area contributed by atoms with E-state index in [0.717, 1.165) is 24.1 Å². The van der Waals surface area contributed by atoms with Crippen molar-refractivity contribution in [3.05, 3.63) is 35.9 Å². The summed E-state index contributed by atoms with van der Waals surface area (Å²) < 4.78 is 4.91. The van der Waals surface area contributed by atoms with Gasteiger partial charge in [-0.15, -0.1) is 0 Å². The van der Waals surface area contributed by atoms with Gasteiger partial charge in [0.05, 0.1) is 18.7 Å². The SMILES string of the molecule is COC(=O)[C@H]1C[C@@H]2C[C@H]1[C@H]1ON=C(c3ccccc3)[C@@H]21. The van der Waals surface area contributed by atoms with Gasteiger partial charge in [0.2, 0.25) is 0 Å². The standard InChI is InChI=1S/C16H17NO3/c1-19-16(18)12-8-10-7-11(12)15-13(10)14(17-20-15)9-5-3-2-4-6-9/h2-6,10-13,15H,7-8H2,1H3/t10-,11+,12-,13+,15+/m0/s1. The molecular formula is C16H17NO3. The number of methoxy groups -OCH3 is 1. The second-order valence-corrected chi connectivity index (χ2v) is 5.96. The lowest BCUT2D eigenvalue weighted by Gasteiger charge is -2.28. The van der Waals surface area contributed by atoms with Gasteiger partial charge in [-0.2, -0.15) is 0 Å². The molecule has 1 aliphatic heterocycles. The van der Waals surface area contributed by atoms with E-state index in [4.69, 9.17) is 9.57 Å². The highest BCUT2D eigenvalue weighted by Crippen LogP contribution is 2.56. The Bertz CT molecular complexity index is 568. The number of hydrogen-bond acceptors (Lipinski definition) is 4. The lowest BCUT2D eigenvalue weighted by atomic mass is 9.76. The number of oxime groups is 1. The second-order valence-electron chi connectivity index (χ2n) is 5.96. The zero-order chi connectivity index (χ0) is 13.7. The van der Waals surface area contributed by atoms with E-state index in [9.17, 15) is 4.79 Å². The van der Waals surface area contributed by atoms with Crippen LogP contribution in [0.25, 0.3) is 0 Å². The summed E-state index contributed by atoms with van der Waals surface area (Å²) in [5, 5.41) is 4.32. The van der Waals surface area contributed by atoms with Crippen molar-refractivity contribution >= 4 is 11.7 Å². The molecule has 0 saturated heterocycles. The third kappa shape index (κ3) is 1.54. The fourth-order valence-corrected chi connectivity index (χ4v) is 4.28. The van der Waals surface area contributed by atoms with Crippen molar-refractivity contribution in [3.8, 4) is 0 Å². The van der Waals surface area contributed by atoms with Crippen molar-refractivity contribution in [2.24, 2.45) is 28.8 Å². The van der Waals surface area contributed by atoms with E-state index in [-0.39, 0.29) is 23.9 Å². The average Bonchev–Trinajstić information content (AvgIpc) is 3.18. The highest BCUT2D eigenvalue weighted by Gasteiger charge is 2.60. The van der Waals surface area contributed by atoms with Crippen molar-refractivity contribution in [2.45, 2.75) is 18.9 Å². The lowest BCUT2D eigenvalue weighted by molar-refractivity contribution is -0.149. The Morgan fingerprint density at radius 3 is 2.85 bits per heavy atom. The summed E-state index contributed by atoms with van der Waals surface area (Å²) in [4.78, 5) is 17.5. The number of benzene rings is 1. The molecule has 1 aromatic carbocycles. The van der Waals surface area contributed by atoms with Crippen LogP contribution < -0.4 is 0 Å². The van der Waals surface area contributed by atoms with E-state index in [1.807, 2.05) is 18.2 Å². The fraction of sp³-hybridized carbons (Fsp3) is 0.500. The van der Waals surface area contributed by atoms with Crippen LogP contribution in [0.3, 0.4) is 0 Å². The topological polar surface area (TPSA) is 47.9 Å². The molecule has 0 amide bonds. The second kappa shape index (κ2) is 4.33. The van der Waals surface area contributed by atoms with E-state index >= 15 is 0 Å². The van der Waals surface area contributed by atoms with E-state index in [1.54, 1.807) is 0 Å². The molecule has 0 aromatic heterocycles. The van der Waals surface area contributed by atoms with Crippen molar-refractivity contribution < 1.29 is 14.4 Å². The minimum absolute atomic E-state index is 0.00317. The van der Waals surface area contributed by atoms with Crippen LogP contribution in [0.1, 0.15) is 18.4 Å². The molecule has 5 atom stereocenters. The molecule has 104 valence electrons. The molecule has 1 aromatic rings. The quantitative estimate of drug-likeness (QED) is 0.775. The van der Waals surface area contributed by atoms with Gasteiger partial charge in [0.15, 0.2) is 0 Å². The molecule has 4 rings (SSSR count). The van der Waals surface area contributed by atoms with Crippen LogP contribution in [-0.4, -0.2) is 24.9 Å². The van der Waals surface area contributed by atoms with Crippen molar-refractivity contribution in [3.63, 3.8) is 0 Å². The smallest absolute Gasteiger partial charge is 0.309 e. The summed E-state index contributed by atoms with van der Waals surface area (Å²) in [6, 6.07) is 10.2. The molecule has 0 spiro atoms. The molecule has 2 aliphatic carbocycles. The normalized spacial score (nSPS) is 37.2. The zero-order valence-electron chi connectivity index (χ0n) is 11.4. The summed E-state index contributed by atoms with van der Waals surface area (Å²) in [6.07, 6.45) is 2.03. The molecule has 0 unspecified atom stereocenters. The Labute approximate surface area is 117 Å². The van der Waals surface area contributed by atoms with Crippen LogP contribution >= 0.6 is 0 Å². The molecule has 1 heterocycles. The maximum atomic E-state index is 11.8. The molecule has 4 nitrogen and oxygen atoms in total. The van der Waals surface area contributed by atoms with Gasteiger partial charge in [0, 0.05) is 11.8 Å². The van der Waals surface area contributed by atoms with Crippen LogP contribution in [0.2, 0.25) is 0 Å². The number of carbonyl (C=O) groups is 1. The Morgan fingerprint density at radius 2 is 2.10 bits per heavy atom. The fourth-order valence-electron chi connectivity index (χ4n) is 4.28. The van der Waals surface area contributed by atoms with Gasteiger partial charge in [-0.3, -0.25) is 4.79 Å². The molecule has 2 fully saturated rings. The lowest BCUT2D eigenvalue weighted by Crippen LogP contribution is -2.37. The van der Waals surface area contributed by atoms with Crippen molar-refractivity contribution in [2.75, 3.05) is 7.11 Å². The molecule has 3 aliphatic rings. The highest BCUT2D eigenvalue weighted by atomic mass is 16.6. The molecule has 4 heteroatoms. The number of carbonyl (C=O) groups excluding carboxylic acids is 1. The molecular weight excluding hydrogens is 254 g/mol. The van der Waals surface area contributed by atoms with Gasteiger partial charge < -0.3 is 9.57 Å². The van der Waals surface area contributed by atoms with Crippen LogP contribution in [0.15, 0.2) is 35.5 Å². The van der Waals surface area contributed by atoms with Gasteiger partial charge >= 0.3 is 5.97 Å². The minimum atomic E-state index is -0.0901. The summed E-state index contributed by atoms with van der Waals surface area (Å²) in [7, 11) is 1.47. The number of nitrogens with zero attached hydrogens (tertiary/aromatic N) is 1. The minimum Gasteiger partial charge on any atom is -0.469 e. The Morgan fingerprint density at radius 1 is 1.30 bits per heavy atom. The number of ether oxygens (including phenoxy) is 1. The van der Waals surface area contributed by atoms with Gasteiger partial charge in [0.1, 0.15) is 6.10 Å². The first-order valence-corrected chi connectivity index (χ1v) is 7.16. The van der Waals surface area contributed by atoms with Crippen LogP contribution in [-0.2, 0) is 14.4 Å². The van der Waals surface area contributed by atoms with Crippen LogP contribution in [0, 0.1) is 23.7 Å². The van der Waals surface area contributed by atoms with Crippen molar-refractivity contribution in [1.82, 2.24) is 0 Å². The Hall–Kier alpha value is -1.84. The third-order valence-corrected chi connectivity index (χ3v) is 5.09. The third-order valence-electron chi connectivity index (χ3n) is 5.09. The molecule has 20 heavy (non-hydrogen) atoms. The van der Waals surface area contributed by atoms with E-state index in [0.29, 0.717) is 11.8 Å². The summed E-state index contributed by atoms with van der Waals surface area (Å²) in [5.74, 6) is 1.02. The largest absolute Gasteiger partial charge is 0.469 e. The van der Waals surface area contributed by atoms with E-state index in [2.05, 4.69) is 17.3 Å². The first kappa shape index (κ1) is 11.9. The van der Waals surface area contributed by atoms with Crippen LogP contribution in [0.4, 0.5) is 0 Å². The maximum Gasteiger partial charge on any atom is 0.309 e. The zero-order valence-corrected chi connectivity index (χ0v) is 11.4. The van der Waals surface area contributed by atoms with Crippen molar-refractivity contribution in [1.29, 1.82) is 0 Å². The Kier molecular flexibility index (Phi) is 2.59. The number of rotatable bonds is 2. The van der Waals surface area contributed by atoms with Gasteiger partial charge in [-0.05, 0) is 24.3 Å². The van der Waals surface area contributed by atoms with E-state index < -0.39 is 0 Å². The van der Waals surface area contributed by atoms with E-state index in [1.165, 1.54) is 7.11 Å². The Balaban J connectivity index is 1.60. The first-order valence-electron chi connectivity index (χ1n) is 7.16. The predicted molar refractivity (Wildman–Crippen MR) is 73.1 cm³/mol. The first-order chi connectivity index (χ1) is 9.79. The number of esters is 1. The molecule has 2 bridgehead atoms. The maximum absolute atomic E-state index is 11.8. The number of hydrogen-bond donors (Lipinski definition) is 0. The summed E-state index contributed by atoms with van der Waals surface area (Å²) in [5.41, 5.74) is 2.20. The monoisotopic (exact) mass is 271 g/mol. The van der Waals surface area contributed by atoms with Gasteiger partial charge in [-0.1, -0.05) is 35.5 Å². The molecule has 2 saturated carbocycles. The molecule has 0 N–H and O–H groups in total.